The largest absolute Gasteiger partial charge is 0.491 e. The van der Waals surface area contributed by atoms with Crippen LogP contribution in [0.4, 0.5) is 0 Å². The predicted octanol–water partition coefficient (Wildman–Crippen LogP) is 1.71. The van der Waals surface area contributed by atoms with Crippen LogP contribution >= 0.6 is 0 Å². The van der Waals surface area contributed by atoms with Crippen molar-refractivity contribution in [1.29, 1.82) is 0 Å². The zero-order valence-corrected chi connectivity index (χ0v) is 86.8. The maximum Gasteiger partial charge on any atom is 0.491 e. The summed E-state index contributed by atoms with van der Waals surface area (Å²) in [4.78, 5) is 248. The molecule has 2 aliphatic heterocycles. The van der Waals surface area contributed by atoms with E-state index in [1.807, 2.05) is 0 Å². The fourth-order valence-electron chi connectivity index (χ4n) is 14.5. The minimum absolute atomic E-state index is 0. The van der Waals surface area contributed by atoms with Crippen LogP contribution in [0.2, 0.25) is 36.3 Å². The molecule has 6 heterocycles. The zero-order chi connectivity index (χ0) is 108. The van der Waals surface area contributed by atoms with E-state index in [0.717, 1.165) is 85.6 Å². The van der Waals surface area contributed by atoms with Gasteiger partial charge in [-0.05, 0) is 142 Å². The molecule has 5 aromatic carbocycles. The van der Waals surface area contributed by atoms with Gasteiger partial charge in [0.25, 0.3) is 35.4 Å². The van der Waals surface area contributed by atoms with Gasteiger partial charge in [-0.3, -0.25) is 28.8 Å². The quantitative estimate of drug-likeness (QED) is 0.0112. The Morgan fingerprint density at radius 2 is 0.534 bits per heavy atom. The van der Waals surface area contributed by atoms with Crippen molar-refractivity contribution in [3.05, 3.63) is 252 Å². The standard InChI is InChI=1S/C41H46N6O16Si2.C29H30N2O16Si2.C10H2O6.C9H26N2O4Si2.CH4/c1-60-64(16-4-10-44-35(49)28-19-31(39(54)55)29(20-30(28)38(52)53)37(51)47-23-25-8-14-43-15-9-25)63-65(61-2,62-3)17-5-11-45-34(48)26-18-27(33(41(58)59)21-32(26)40(56)57)36(50)46-22-24-6-12-42-13-7-24;1-42-48(8-4-6-30-22(32)14-10-18-20(12-16(14)24(34)35)28(40)45-26(18)38)47-49(43-2,44-3)9-5-7-31-23(33)15-11-19-21(13-17(15)25(36)37)29(41)46-27(19)39;11-7-3-1-4-6(10(14)16-8(4)12)2-5(3)9(13)15-7;1-12-16(8-4-6-10)15-17(13-2,14-3)9-5-7-11;/h6-9,12-15,18-21,64H,4-5,10-11,16-17,22-23H2,1-3H3,(H,44,49)(H,45,48)(H,46,50)(H,47,51)(H,52,53)(H,54,55)(H,56,57)(H,58,59);10-13,48H,4-9H2,1-3H3,(H,30,32)(H,31,33)(H,34,35)(H,36,37);1-2H;16H,4-11H2,1-3H3;1H4/p+2. The zero-order valence-electron chi connectivity index (χ0n) is 80.3. The topological polar surface area (TPSA) is 771 Å². The number of carbonyl (C=O) groups excluding carboxylic acids is 10. The van der Waals surface area contributed by atoms with Crippen molar-refractivity contribution in [1.82, 2.24) is 31.9 Å². The molecule has 0 fully saturated rings. The Hall–Kier alpha value is -14.7. The third-order valence-corrected chi connectivity index (χ3v) is 40.5. The lowest BCUT2D eigenvalue weighted by Gasteiger charge is -2.30. The molecule has 6 amide bonds. The lowest BCUT2D eigenvalue weighted by Crippen LogP contribution is -2.49. The molecule has 3 atom stereocenters. The molecule has 52 nitrogen and oxygen atoms in total. The van der Waals surface area contributed by atoms with Crippen LogP contribution in [0, 0.1) is 0 Å². The van der Waals surface area contributed by atoms with Crippen LogP contribution in [0.25, 0.3) is 21.5 Å². The van der Waals surface area contributed by atoms with Gasteiger partial charge in [-0.2, -0.15) is 0 Å². The van der Waals surface area contributed by atoms with Crippen LogP contribution in [0.5, 0.6) is 0 Å². The van der Waals surface area contributed by atoms with Gasteiger partial charge in [0.2, 0.25) is 0 Å². The van der Waals surface area contributed by atoms with E-state index in [9.17, 15) is 127 Å². The minimum atomic E-state index is -3.47. The van der Waals surface area contributed by atoms with E-state index in [4.69, 9.17) is 63.6 Å². The first-order valence-electron chi connectivity index (χ1n) is 44.3. The van der Waals surface area contributed by atoms with Crippen LogP contribution in [0.15, 0.2) is 138 Å². The van der Waals surface area contributed by atoms with Crippen LogP contribution < -0.4 is 75.8 Å². The molecule has 0 bridgehead atoms. The molecule has 0 saturated heterocycles. The second kappa shape index (κ2) is 56.9. The molecule has 0 saturated carbocycles. The lowest BCUT2D eigenvalue weighted by molar-refractivity contribution is -0.378. The van der Waals surface area contributed by atoms with Gasteiger partial charge in [0.1, 0.15) is 0 Å². The van der Waals surface area contributed by atoms with Crippen molar-refractivity contribution in [2.45, 2.75) is 95.3 Å². The summed E-state index contributed by atoms with van der Waals surface area (Å²) in [6.07, 6.45) is 9.28. The summed E-state index contributed by atoms with van der Waals surface area (Å²) in [7, 11) is -2.96. The molecule has 3 unspecified atom stereocenters. The molecule has 58 heteroatoms. The summed E-state index contributed by atoms with van der Waals surface area (Å²) in [5, 5.41) is 73.8. The number of carboxylic acids is 6. The number of nitrogens with two attached hydrogens (primary N) is 2. The molecule has 148 heavy (non-hydrogen) atoms. The number of carbonyl (C=O) groups is 16. The molecule has 0 radical (unpaired) electrons. The van der Waals surface area contributed by atoms with E-state index in [-0.39, 0.29) is 139 Å². The number of cyclic esters (lactones) is 4. The normalized spacial score (nSPS) is 12.6. The van der Waals surface area contributed by atoms with Gasteiger partial charge in [-0.25, -0.2) is 77.1 Å². The first-order valence-corrected chi connectivity index (χ1v) is 55.4. The third-order valence-electron chi connectivity index (χ3n) is 22.2. The second-order valence-corrected chi connectivity index (χ2v) is 48.0. The number of hydrogen-bond donors (Lipinski definition) is 14. The highest BCUT2D eigenvalue weighted by Crippen LogP contribution is 2.30. The number of H-pyrrole nitrogens is 2. The van der Waals surface area contributed by atoms with Gasteiger partial charge < -0.3 is 144 Å². The number of ether oxygens (including phenoxy) is 2. The predicted molar refractivity (Wildman–Crippen MR) is 525 cm³/mol. The molecule has 9 aromatic rings. The molecular weight excluding hydrogens is 2060 g/mol. The number of amides is 6. The molecule has 4 aromatic heterocycles. The molecule has 11 rings (SSSR count). The Balaban J connectivity index is 0.000000309. The number of rotatable bonds is 53. The van der Waals surface area contributed by atoms with Crippen LogP contribution in [-0.4, -0.2) is 283 Å². The molecule has 0 aliphatic carbocycles. The summed E-state index contributed by atoms with van der Waals surface area (Å²) < 4.78 is 86.1. The van der Waals surface area contributed by atoms with Crippen LogP contribution in [0.1, 0.15) is 223 Å². The van der Waals surface area contributed by atoms with Crippen molar-refractivity contribution in [3.8, 4) is 0 Å². The number of nitrogens with one attached hydrogen (secondary N) is 8. The van der Waals surface area contributed by atoms with Gasteiger partial charge >= 0.3 is 136 Å². The summed E-state index contributed by atoms with van der Waals surface area (Å²) >= 11 is 0. The Kier molecular flexibility index (Phi) is 46.2. The summed E-state index contributed by atoms with van der Waals surface area (Å²) in [6, 6.07) is 18.8. The fourth-order valence-corrected chi connectivity index (χ4v) is 31.5. The van der Waals surface area contributed by atoms with Crippen molar-refractivity contribution in [2.75, 3.05) is 103 Å². The Morgan fingerprint density at radius 1 is 0.311 bits per heavy atom. The number of aromatic carboxylic acids is 6. The number of esters is 4. The average Bonchev–Trinajstić information content (AvgIpc) is 1.65. The average molecular weight is 2170 g/mol. The van der Waals surface area contributed by atoms with E-state index in [1.165, 1.54) is 42.7 Å². The van der Waals surface area contributed by atoms with E-state index in [0.29, 0.717) is 36.7 Å². The monoisotopic (exact) mass is 2170 g/mol. The summed E-state index contributed by atoms with van der Waals surface area (Å²) in [6.45, 7) is 1.32. The number of benzene rings is 5. The number of aromatic nitrogens is 2. The molecule has 18 N–H and O–H groups in total. The van der Waals surface area contributed by atoms with Gasteiger partial charge in [0, 0.05) is 146 Å². The fraction of sp³-hybridized carbons (Fsp3) is 0.333. The highest BCUT2D eigenvalue weighted by Gasteiger charge is 2.45. The number of aromatic amines is 2. The maximum atomic E-state index is 13.3. The first kappa shape index (κ1) is 120. The highest BCUT2D eigenvalue weighted by atomic mass is 28.4. The summed E-state index contributed by atoms with van der Waals surface area (Å²) in [5.41, 5.74) is 2.36. The second-order valence-electron chi connectivity index (χ2n) is 31.4. The number of fused-ring (bicyclic) bond motifs is 4. The number of furan rings is 2. The van der Waals surface area contributed by atoms with Crippen molar-refractivity contribution in [2.24, 2.45) is 11.5 Å². The Morgan fingerprint density at radius 3 is 0.791 bits per heavy atom. The number of hydrogen-bond acceptors (Lipinski definition) is 38. The molecule has 794 valence electrons. The van der Waals surface area contributed by atoms with E-state index in [1.54, 1.807) is 70.4 Å². The lowest BCUT2D eigenvalue weighted by atomic mass is 9.97. The van der Waals surface area contributed by atoms with E-state index >= 15 is 0 Å². The van der Waals surface area contributed by atoms with Gasteiger partial charge in [-0.1, -0.05) is 7.43 Å². The van der Waals surface area contributed by atoms with Crippen LogP contribution in [0.3, 0.4) is 0 Å². The Labute approximate surface area is 847 Å². The molecular formula is C90H110N10O42Si6+2. The van der Waals surface area contributed by atoms with Crippen LogP contribution in [-0.2, 0) is 74.7 Å². The van der Waals surface area contributed by atoms with Gasteiger partial charge in [0.05, 0.1) is 111 Å². The van der Waals surface area contributed by atoms with Crippen molar-refractivity contribution < 1.29 is 188 Å². The van der Waals surface area contributed by atoms with Crippen molar-refractivity contribution in [3.63, 3.8) is 0 Å². The molecule has 0 spiro atoms. The smallest absolute Gasteiger partial charge is 0.478 e. The SMILES string of the molecule is C.CO[SiH](CCCN)O[Si](CCCN)(OC)OC.CO[SiH](CCCNC(=O)c1cc(C(=O)O)c(C(=O)NCc2cc[nH+]cc2)cc1C(=O)O)O[Si](CCCNC(=O)c1cc(C(=O)NCc2cc[nH+]cc2)c(C(=O)O)cc1C(=O)O)(OC)OC.CO[SiH](CCCNC(=O)c1cc2c(cc1C(=O)O)C(=O)OC2=O)O[Si](CCCNC(=O)c1cc2c(cc1C(=O)O)C(=O)OC2=O)(OC)OC.O=c1oc(=O)c2cc3c(=O)oc(=O)c3cc12. The third kappa shape index (κ3) is 31.7. The van der Waals surface area contributed by atoms with Gasteiger partial charge in [0.15, 0.2) is 24.8 Å². The Bertz CT molecular complexity index is 6470. The molecule has 2 aliphatic rings. The van der Waals surface area contributed by atoms with E-state index < -0.39 is 228 Å². The highest BCUT2D eigenvalue weighted by molar-refractivity contribution is 6.70. The van der Waals surface area contributed by atoms with E-state index in [2.05, 4.69) is 60.2 Å². The maximum absolute atomic E-state index is 13.3. The number of pyridine rings is 2. The summed E-state index contributed by atoms with van der Waals surface area (Å²) in [5.74, 6) is -18.3. The number of carboxylic acid groups (broad SMARTS) is 6. The minimum Gasteiger partial charge on any atom is -0.478 e. The van der Waals surface area contributed by atoms with Crippen molar-refractivity contribution >= 4 is 171 Å². The first-order chi connectivity index (χ1) is 70.0. The van der Waals surface area contributed by atoms with Gasteiger partial charge in [-0.15, -0.1) is 0 Å².